The monoisotopic (exact) mass is 400 g/mol. The van der Waals surface area contributed by atoms with E-state index in [1.165, 1.54) is 6.92 Å². The van der Waals surface area contributed by atoms with Gasteiger partial charge in [-0.1, -0.05) is 47.5 Å². The summed E-state index contributed by atoms with van der Waals surface area (Å²) in [6, 6.07) is 14.5. The third-order valence-corrected chi connectivity index (χ3v) is 4.74. The summed E-state index contributed by atoms with van der Waals surface area (Å²) >= 11 is 11.8. The van der Waals surface area contributed by atoms with Crippen LogP contribution in [0.4, 0.5) is 0 Å². The lowest BCUT2D eigenvalue weighted by atomic mass is 9.85. The zero-order valence-corrected chi connectivity index (χ0v) is 16.3. The van der Waals surface area contributed by atoms with Crippen molar-refractivity contribution in [3.63, 3.8) is 0 Å². The summed E-state index contributed by atoms with van der Waals surface area (Å²) in [5.74, 6) is -0.394. The lowest BCUT2D eigenvalue weighted by molar-refractivity contribution is -0.147. The maximum absolute atomic E-state index is 13.0. The number of ether oxygens (including phenoxy) is 1. The van der Waals surface area contributed by atoms with E-state index in [-0.39, 0.29) is 17.9 Å². The van der Waals surface area contributed by atoms with Crippen LogP contribution < -0.4 is 0 Å². The smallest absolute Gasteiger partial charge is 0.302 e. The highest BCUT2D eigenvalue weighted by atomic mass is 35.5. The number of halogens is 2. The molecule has 0 aliphatic heterocycles. The second kappa shape index (κ2) is 8.55. The molecule has 0 radical (unpaired) electrons. The Morgan fingerprint density at radius 3 is 1.67 bits per heavy atom. The molecule has 0 spiro atoms. The number of esters is 1. The molecule has 2 aromatic rings. The Morgan fingerprint density at radius 2 is 1.30 bits per heavy atom. The molecule has 1 aliphatic rings. The van der Waals surface area contributed by atoms with Crippen molar-refractivity contribution in [2.24, 2.45) is 0 Å². The summed E-state index contributed by atoms with van der Waals surface area (Å²) in [5.41, 5.74) is 2.96. The Bertz CT molecular complexity index is 842. The Labute approximate surface area is 168 Å². The molecule has 0 aromatic heterocycles. The van der Waals surface area contributed by atoms with E-state index in [1.807, 2.05) is 36.4 Å². The van der Waals surface area contributed by atoms with Crippen molar-refractivity contribution in [2.45, 2.75) is 25.9 Å². The SMILES string of the molecule is CC(=O)OC1C/C(=C\c2ccc(Cl)cc2)C(=O)/C(=C/c2ccc(Cl)cc2)C1. The molecule has 1 saturated carbocycles. The number of ketones is 1. The van der Waals surface area contributed by atoms with Gasteiger partial charge in [-0.25, -0.2) is 0 Å². The first-order valence-electron chi connectivity index (χ1n) is 8.55. The van der Waals surface area contributed by atoms with Crippen molar-refractivity contribution in [1.29, 1.82) is 0 Å². The van der Waals surface area contributed by atoms with Crippen LogP contribution in [0.15, 0.2) is 59.7 Å². The van der Waals surface area contributed by atoms with Crippen LogP contribution in [0, 0.1) is 0 Å². The van der Waals surface area contributed by atoms with Crippen LogP contribution in [-0.2, 0) is 14.3 Å². The van der Waals surface area contributed by atoms with Crippen LogP contribution in [0.1, 0.15) is 30.9 Å². The van der Waals surface area contributed by atoms with Gasteiger partial charge in [-0.2, -0.15) is 0 Å². The second-order valence-electron chi connectivity index (χ2n) is 6.41. The quantitative estimate of drug-likeness (QED) is 0.486. The Kier molecular flexibility index (Phi) is 6.15. The van der Waals surface area contributed by atoms with E-state index < -0.39 is 0 Å². The van der Waals surface area contributed by atoms with E-state index in [1.54, 1.807) is 24.3 Å². The van der Waals surface area contributed by atoms with Crippen LogP contribution in [0.2, 0.25) is 10.0 Å². The zero-order valence-electron chi connectivity index (χ0n) is 14.7. The van der Waals surface area contributed by atoms with Gasteiger partial charge in [0.1, 0.15) is 6.10 Å². The molecule has 5 heteroatoms. The molecule has 0 saturated heterocycles. The topological polar surface area (TPSA) is 43.4 Å². The minimum atomic E-state index is -0.364. The van der Waals surface area contributed by atoms with Gasteiger partial charge in [-0.15, -0.1) is 0 Å². The van der Waals surface area contributed by atoms with Gasteiger partial charge in [0, 0.05) is 41.0 Å². The third-order valence-electron chi connectivity index (χ3n) is 4.23. The normalized spacial score (nSPS) is 20.1. The van der Waals surface area contributed by atoms with Gasteiger partial charge in [-0.05, 0) is 47.5 Å². The van der Waals surface area contributed by atoms with Crippen LogP contribution in [0.25, 0.3) is 12.2 Å². The average Bonchev–Trinajstić information content (AvgIpc) is 2.62. The van der Waals surface area contributed by atoms with Crippen molar-refractivity contribution in [2.75, 3.05) is 0 Å². The molecule has 3 nitrogen and oxygen atoms in total. The van der Waals surface area contributed by atoms with E-state index in [0.717, 1.165) is 11.1 Å². The van der Waals surface area contributed by atoms with Crippen LogP contribution >= 0.6 is 23.2 Å². The molecule has 1 aliphatic carbocycles. The molecule has 0 bridgehead atoms. The summed E-state index contributed by atoms with van der Waals surface area (Å²) in [6.45, 7) is 1.38. The van der Waals surface area contributed by atoms with E-state index in [4.69, 9.17) is 27.9 Å². The molecule has 0 heterocycles. The summed E-state index contributed by atoms with van der Waals surface area (Å²) in [7, 11) is 0. The molecule has 138 valence electrons. The van der Waals surface area contributed by atoms with Crippen molar-refractivity contribution < 1.29 is 14.3 Å². The fourth-order valence-corrected chi connectivity index (χ4v) is 3.29. The molecule has 0 N–H and O–H groups in total. The van der Waals surface area contributed by atoms with E-state index >= 15 is 0 Å². The number of Topliss-reactive ketones (excluding diaryl/α,β-unsaturated/α-hetero) is 1. The first-order valence-corrected chi connectivity index (χ1v) is 9.30. The Morgan fingerprint density at radius 1 is 0.889 bits per heavy atom. The van der Waals surface area contributed by atoms with Crippen LogP contribution in [0.5, 0.6) is 0 Å². The van der Waals surface area contributed by atoms with Crippen molar-refractivity contribution in [3.8, 4) is 0 Å². The Balaban J connectivity index is 1.95. The predicted octanol–water partition coefficient (Wildman–Crippen LogP) is 5.76. The number of benzene rings is 2. The minimum absolute atomic E-state index is 0.0386. The van der Waals surface area contributed by atoms with Gasteiger partial charge in [0.2, 0.25) is 0 Å². The van der Waals surface area contributed by atoms with Gasteiger partial charge in [0.15, 0.2) is 5.78 Å². The highest BCUT2D eigenvalue weighted by Gasteiger charge is 2.29. The van der Waals surface area contributed by atoms with Crippen molar-refractivity contribution in [1.82, 2.24) is 0 Å². The van der Waals surface area contributed by atoms with Crippen LogP contribution in [0.3, 0.4) is 0 Å². The van der Waals surface area contributed by atoms with E-state index in [9.17, 15) is 9.59 Å². The molecule has 2 aromatic carbocycles. The van der Waals surface area contributed by atoms with Gasteiger partial charge in [0.25, 0.3) is 0 Å². The number of rotatable bonds is 3. The van der Waals surface area contributed by atoms with E-state index in [2.05, 4.69) is 0 Å². The molecule has 27 heavy (non-hydrogen) atoms. The molecule has 0 unspecified atom stereocenters. The molecule has 0 atom stereocenters. The number of hydrogen-bond donors (Lipinski definition) is 0. The fraction of sp³-hybridized carbons (Fsp3) is 0.182. The fourth-order valence-electron chi connectivity index (χ4n) is 3.04. The molecule has 0 amide bonds. The summed E-state index contributed by atoms with van der Waals surface area (Å²) in [5, 5.41) is 1.27. The van der Waals surface area contributed by atoms with E-state index in [0.29, 0.717) is 34.0 Å². The maximum Gasteiger partial charge on any atom is 0.302 e. The highest BCUT2D eigenvalue weighted by molar-refractivity contribution is 6.30. The molecule has 3 rings (SSSR count). The van der Waals surface area contributed by atoms with Gasteiger partial charge < -0.3 is 4.74 Å². The zero-order chi connectivity index (χ0) is 19.4. The summed E-state index contributed by atoms with van der Waals surface area (Å²) < 4.78 is 5.40. The lowest BCUT2D eigenvalue weighted by Crippen LogP contribution is -2.27. The van der Waals surface area contributed by atoms with Crippen molar-refractivity contribution >= 4 is 47.1 Å². The minimum Gasteiger partial charge on any atom is -0.462 e. The highest BCUT2D eigenvalue weighted by Crippen LogP contribution is 2.30. The Hall–Kier alpha value is -2.36. The average molecular weight is 401 g/mol. The maximum atomic E-state index is 13.0. The summed E-state index contributed by atoms with van der Waals surface area (Å²) in [4.78, 5) is 24.4. The lowest BCUT2D eigenvalue weighted by Gasteiger charge is -2.25. The number of hydrogen-bond acceptors (Lipinski definition) is 3. The standard InChI is InChI=1S/C22H18Cl2O3/c1-14(25)27-21-12-17(10-15-2-6-19(23)7-3-15)22(26)18(13-21)11-16-4-8-20(24)9-5-16/h2-11,21H,12-13H2,1H3/b17-10+,18-11+. The van der Waals surface area contributed by atoms with Crippen LogP contribution in [-0.4, -0.2) is 17.9 Å². The predicted molar refractivity (Wildman–Crippen MR) is 109 cm³/mol. The van der Waals surface area contributed by atoms with Gasteiger partial charge in [0.05, 0.1) is 0 Å². The third kappa shape index (κ3) is 5.31. The van der Waals surface area contributed by atoms with Gasteiger partial charge >= 0.3 is 5.97 Å². The molecular formula is C22H18Cl2O3. The second-order valence-corrected chi connectivity index (χ2v) is 7.28. The first kappa shape index (κ1) is 19.4. The largest absolute Gasteiger partial charge is 0.462 e. The number of carbonyl (C=O) groups excluding carboxylic acids is 2. The van der Waals surface area contributed by atoms with Gasteiger partial charge in [-0.3, -0.25) is 9.59 Å². The first-order chi connectivity index (χ1) is 12.9. The van der Waals surface area contributed by atoms with Crippen molar-refractivity contribution in [3.05, 3.63) is 80.8 Å². The number of carbonyl (C=O) groups is 2. The molecular weight excluding hydrogens is 383 g/mol. The summed E-state index contributed by atoms with van der Waals surface area (Å²) in [6.07, 6.45) is 4.06. The molecule has 1 fully saturated rings.